The summed E-state index contributed by atoms with van der Waals surface area (Å²) >= 11 is 0. The van der Waals surface area contributed by atoms with Gasteiger partial charge in [0.2, 0.25) is 20.0 Å². The summed E-state index contributed by atoms with van der Waals surface area (Å²) in [5.41, 5.74) is -2.05. The number of sulfonamides is 2. The molecular formula is C46H50F4N6O8S2. The summed E-state index contributed by atoms with van der Waals surface area (Å²) in [4.78, 5) is 14.5. The monoisotopic (exact) mass is 954 g/mol. The number of hydrogen-bond donors (Lipinski definition) is 0. The third-order valence-corrected chi connectivity index (χ3v) is 13.8. The molecule has 6 rings (SSSR count). The van der Waals surface area contributed by atoms with Crippen LogP contribution in [0, 0.1) is 11.6 Å². The van der Waals surface area contributed by atoms with Crippen LogP contribution in [0.3, 0.4) is 0 Å². The smallest absolute Gasteiger partial charge is 0.218 e. The van der Waals surface area contributed by atoms with Crippen LogP contribution in [0.25, 0.3) is 0 Å². The van der Waals surface area contributed by atoms with Gasteiger partial charge < -0.3 is 18.9 Å². The number of hydrogen-bond acceptors (Lipinski definition) is 12. The highest BCUT2D eigenvalue weighted by Crippen LogP contribution is 2.30. The maximum Gasteiger partial charge on any atom is 0.218 e. The second kappa shape index (κ2) is 22.3. The molecule has 14 nitrogen and oxygen atoms in total. The molecule has 2 atom stereocenters. The van der Waals surface area contributed by atoms with Crippen molar-refractivity contribution < 1.29 is 53.3 Å². The number of alkyl halides is 2. The van der Waals surface area contributed by atoms with Gasteiger partial charge in [0.05, 0.1) is 53.2 Å². The van der Waals surface area contributed by atoms with Crippen LogP contribution in [-0.2, 0) is 57.6 Å². The van der Waals surface area contributed by atoms with E-state index in [2.05, 4.69) is 19.9 Å². The fourth-order valence-electron chi connectivity index (χ4n) is 6.40. The van der Waals surface area contributed by atoms with Crippen LogP contribution in [0.2, 0.25) is 0 Å². The zero-order valence-electron chi connectivity index (χ0n) is 37.1. The highest BCUT2D eigenvalue weighted by Gasteiger charge is 2.40. The minimum Gasteiger partial charge on any atom is -0.497 e. The molecule has 0 fully saturated rings. The molecule has 2 heterocycles. The van der Waals surface area contributed by atoms with Crippen molar-refractivity contribution in [2.75, 3.05) is 39.9 Å². The van der Waals surface area contributed by atoms with Crippen LogP contribution >= 0.6 is 0 Å². The molecule has 0 unspecified atom stereocenters. The van der Waals surface area contributed by atoms with Gasteiger partial charge in [-0.05, 0) is 84.6 Å². The minimum absolute atomic E-state index is 0.0126. The molecule has 0 spiro atoms. The highest BCUT2D eigenvalue weighted by atomic mass is 32.2. The fraction of sp³-hybridized carbons (Fsp3) is 0.304. The lowest BCUT2D eigenvalue weighted by atomic mass is 10.1. The Kier molecular flexibility index (Phi) is 17.2. The third-order valence-electron chi connectivity index (χ3n) is 9.94. The summed E-state index contributed by atoms with van der Waals surface area (Å²) in [6.45, 7) is 2.18. The lowest BCUT2D eigenvalue weighted by Gasteiger charge is -2.26. The number of rotatable bonds is 20. The van der Waals surface area contributed by atoms with E-state index in [1.54, 1.807) is 97.1 Å². The Balaban J connectivity index is 0.000000247. The molecule has 0 aliphatic rings. The van der Waals surface area contributed by atoms with Crippen molar-refractivity contribution in [2.45, 2.75) is 51.4 Å². The Morgan fingerprint density at radius 1 is 0.439 bits per heavy atom. The second-order valence-corrected chi connectivity index (χ2v) is 19.2. The van der Waals surface area contributed by atoms with Gasteiger partial charge in [0.1, 0.15) is 34.5 Å². The van der Waals surface area contributed by atoms with Crippen molar-refractivity contribution in [1.29, 1.82) is 0 Å². The maximum absolute atomic E-state index is 15.4. The standard InChI is InChI=1S/2C23H25F2N3O4S/c2*1-23(25,22-26-12-19(24)13-27-22)16-33(29,30)28(14-17-4-8-20(31-2)9-5-17)15-18-6-10-21(32-3)11-7-18/h2*4-13H,14-16H2,1-3H3/t2*23-/m10/s1. The summed E-state index contributed by atoms with van der Waals surface area (Å²) in [6.07, 6.45) is 3.22. The molecule has 0 radical (unpaired) electrons. The summed E-state index contributed by atoms with van der Waals surface area (Å²) in [7, 11) is -2.14. The molecule has 6 aromatic rings. The molecule has 66 heavy (non-hydrogen) atoms. The van der Waals surface area contributed by atoms with E-state index < -0.39 is 66.2 Å². The highest BCUT2D eigenvalue weighted by molar-refractivity contribution is 7.89. The Labute approximate surface area is 382 Å². The van der Waals surface area contributed by atoms with Crippen molar-refractivity contribution in [1.82, 2.24) is 28.5 Å². The van der Waals surface area contributed by atoms with Crippen molar-refractivity contribution in [3.05, 3.63) is 167 Å². The predicted molar refractivity (Wildman–Crippen MR) is 239 cm³/mol. The van der Waals surface area contributed by atoms with Crippen molar-refractivity contribution in [2.24, 2.45) is 0 Å². The van der Waals surface area contributed by atoms with Crippen molar-refractivity contribution >= 4 is 20.0 Å². The molecule has 0 N–H and O–H groups in total. The quantitative estimate of drug-likeness (QED) is 0.0687. The minimum atomic E-state index is -4.14. The first-order valence-corrected chi connectivity index (χ1v) is 23.3. The maximum atomic E-state index is 15.4. The predicted octanol–water partition coefficient (Wildman–Crippen LogP) is 7.70. The number of benzene rings is 4. The Bertz CT molecular complexity index is 2400. The number of aromatic nitrogens is 4. The van der Waals surface area contributed by atoms with Gasteiger partial charge in [0, 0.05) is 26.2 Å². The second-order valence-electron chi connectivity index (χ2n) is 15.3. The van der Waals surface area contributed by atoms with Crippen molar-refractivity contribution in [3.63, 3.8) is 0 Å². The molecule has 0 bridgehead atoms. The molecule has 352 valence electrons. The first-order valence-electron chi connectivity index (χ1n) is 20.1. The lowest BCUT2D eigenvalue weighted by molar-refractivity contribution is 0.204. The van der Waals surface area contributed by atoms with Gasteiger partial charge in [0.15, 0.2) is 34.6 Å². The fourth-order valence-corrected chi connectivity index (χ4v) is 9.78. The normalized spacial score (nSPS) is 13.5. The SMILES string of the molecule is COc1ccc(CN(Cc2ccc(OC)cc2)S(=O)(=O)C[C@@](C)(F)c2ncc(F)cn2)cc1.COc1ccc(CN(Cc2ccc(OC)cc2)S(=O)(=O)C[C@](C)(F)c2ncc(F)cn2)cc1. The summed E-state index contributed by atoms with van der Waals surface area (Å²) in [6, 6.07) is 27.7. The average Bonchev–Trinajstić information content (AvgIpc) is 3.29. The Morgan fingerprint density at radius 3 is 0.848 bits per heavy atom. The topological polar surface area (TPSA) is 163 Å². The van der Waals surface area contributed by atoms with Crippen molar-refractivity contribution in [3.8, 4) is 23.0 Å². The molecule has 0 saturated carbocycles. The lowest BCUT2D eigenvalue weighted by Crippen LogP contribution is -2.39. The van der Waals surface area contributed by atoms with E-state index >= 15 is 8.78 Å². The van der Waals surface area contributed by atoms with Crippen LogP contribution in [0.15, 0.2) is 122 Å². The Morgan fingerprint density at radius 2 is 0.652 bits per heavy atom. The number of methoxy groups -OCH3 is 4. The number of nitrogens with zero attached hydrogens (tertiary/aromatic N) is 6. The van der Waals surface area contributed by atoms with Crippen LogP contribution in [0.4, 0.5) is 17.6 Å². The van der Waals surface area contributed by atoms with Crippen LogP contribution < -0.4 is 18.9 Å². The van der Waals surface area contributed by atoms with Crippen LogP contribution in [-0.4, -0.2) is 85.3 Å². The van der Waals surface area contributed by atoms with Crippen LogP contribution in [0.1, 0.15) is 47.8 Å². The van der Waals surface area contributed by atoms with Gasteiger partial charge in [-0.15, -0.1) is 0 Å². The number of ether oxygens (including phenoxy) is 4. The van der Waals surface area contributed by atoms with E-state index in [1.165, 1.54) is 37.0 Å². The molecular weight excluding hydrogens is 905 g/mol. The van der Waals surface area contributed by atoms with Gasteiger partial charge in [-0.25, -0.2) is 54.3 Å². The molecule has 2 aromatic heterocycles. The summed E-state index contributed by atoms with van der Waals surface area (Å²) in [5, 5.41) is 0. The van der Waals surface area contributed by atoms with E-state index in [0.29, 0.717) is 45.3 Å². The van der Waals surface area contributed by atoms with Crippen LogP contribution in [0.5, 0.6) is 23.0 Å². The summed E-state index contributed by atoms with van der Waals surface area (Å²) < 4.78 is 133. The Hall–Kier alpha value is -6.22. The number of halogens is 4. The molecule has 4 aromatic carbocycles. The largest absolute Gasteiger partial charge is 0.497 e. The molecule has 0 aliphatic heterocycles. The van der Waals surface area contributed by atoms with E-state index in [9.17, 15) is 25.6 Å². The van der Waals surface area contributed by atoms with E-state index in [0.717, 1.165) is 38.6 Å². The zero-order chi connectivity index (χ0) is 48.1. The van der Waals surface area contributed by atoms with Gasteiger partial charge in [-0.2, -0.15) is 8.61 Å². The van der Waals surface area contributed by atoms with Gasteiger partial charge in [-0.1, -0.05) is 48.5 Å². The van der Waals surface area contributed by atoms with E-state index in [4.69, 9.17) is 18.9 Å². The zero-order valence-corrected chi connectivity index (χ0v) is 38.7. The first kappa shape index (κ1) is 50.8. The molecule has 0 aliphatic carbocycles. The van der Waals surface area contributed by atoms with Gasteiger partial charge in [0.25, 0.3) is 0 Å². The van der Waals surface area contributed by atoms with Gasteiger partial charge in [-0.3, -0.25) is 0 Å². The first-order chi connectivity index (χ1) is 31.2. The van der Waals surface area contributed by atoms with E-state index in [1.807, 2.05) is 0 Å². The third kappa shape index (κ3) is 14.4. The average molecular weight is 955 g/mol. The molecule has 20 heteroatoms. The molecule has 0 saturated heterocycles. The summed E-state index contributed by atoms with van der Waals surface area (Å²) in [5.74, 6) is -1.56. The van der Waals surface area contributed by atoms with E-state index in [-0.39, 0.29) is 26.2 Å². The van der Waals surface area contributed by atoms with Gasteiger partial charge >= 0.3 is 0 Å². The molecule has 0 amide bonds.